The molecule has 9 nitrogen and oxygen atoms in total. The molecule has 0 aliphatic rings. The van der Waals surface area contributed by atoms with Crippen molar-refractivity contribution in [1.82, 2.24) is 9.66 Å². The molecular weight excluding hydrogens is 614 g/mol. The van der Waals surface area contributed by atoms with Crippen molar-refractivity contribution in [3.8, 4) is 28.6 Å². The van der Waals surface area contributed by atoms with Gasteiger partial charge in [0.25, 0.3) is 5.56 Å². The Kier molecular flexibility index (Phi) is 10.2. The van der Waals surface area contributed by atoms with E-state index in [9.17, 15) is 9.59 Å². The van der Waals surface area contributed by atoms with Crippen LogP contribution in [0.25, 0.3) is 22.3 Å². The van der Waals surface area contributed by atoms with Crippen molar-refractivity contribution in [3.05, 3.63) is 80.0 Å². The molecule has 0 aliphatic heterocycles. The first-order chi connectivity index (χ1) is 20.6. The lowest BCUT2D eigenvalue weighted by atomic mass is 9.96. The van der Waals surface area contributed by atoms with Crippen LogP contribution < -0.4 is 19.8 Å². The van der Waals surface area contributed by atoms with Crippen molar-refractivity contribution >= 4 is 39.0 Å². The second kappa shape index (κ2) is 13.9. The van der Waals surface area contributed by atoms with Gasteiger partial charge in [0.05, 0.1) is 41.9 Å². The van der Waals surface area contributed by atoms with Crippen molar-refractivity contribution in [2.24, 2.45) is 5.10 Å². The number of ether oxygens (including phenoxy) is 4. The molecule has 0 aliphatic carbocycles. The fourth-order valence-corrected chi connectivity index (χ4v) is 5.17. The Morgan fingerprint density at radius 2 is 1.81 bits per heavy atom. The van der Waals surface area contributed by atoms with E-state index in [1.807, 2.05) is 38.1 Å². The predicted molar refractivity (Wildman–Crippen MR) is 172 cm³/mol. The first-order valence-electron chi connectivity index (χ1n) is 14.1. The number of aromatic nitrogens is 2. The third-order valence-corrected chi connectivity index (χ3v) is 7.35. The number of nitrogens with zero attached hydrogens (tertiary/aromatic N) is 3. The maximum atomic E-state index is 13.8. The minimum atomic E-state index is -0.845. The molecule has 0 fully saturated rings. The summed E-state index contributed by atoms with van der Waals surface area (Å²) in [5.41, 5.74) is 3.60. The third kappa shape index (κ3) is 6.91. The molecule has 0 saturated carbocycles. The number of methoxy groups -OCH3 is 1. The lowest BCUT2D eigenvalue weighted by Crippen LogP contribution is -2.26. The molecule has 1 heterocycles. The molecule has 43 heavy (non-hydrogen) atoms. The second-order valence-electron chi connectivity index (χ2n) is 10.2. The van der Waals surface area contributed by atoms with Crippen LogP contribution in [-0.2, 0) is 9.53 Å². The first-order valence-corrected chi connectivity index (χ1v) is 14.9. The quantitative estimate of drug-likeness (QED) is 0.129. The molecule has 10 heteroatoms. The minimum Gasteiger partial charge on any atom is -0.494 e. The van der Waals surface area contributed by atoms with Crippen molar-refractivity contribution in [2.45, 2.75) is 53.6 Å². The largest absolute Gasteiger partial charge is 0.494 e. The summed E-state index contributed by atoms with van der Waals surface area (Å²) in [5.74, 6) is 1.65. The molecule has 0 saturated heterocycles. The highest BCUT2D eigenvalue weighted by atomic mass is 79.9. The summed E-state index contributed by atoms with van der Waals surface area (Å²) < 4.78 is 24.2. The number of para-hydroxylation sites is 1. The molecule has 0 bridgehead atoms. The van der Waals surface area contributed by atoms with Gasteiger partial charge in [-0.1, -0.05) is 26.0 Å². The SMILES string of the molecule is CCOC(=O)[C@@H](C)Oc1c(Br)cc(C=Nn2c(-c3cc(C(C)C)c(OCC)cc3C)nc3ccccc3c2=O)cc1OC. The fraction of sp³-hybridized carbons (Fsp3) is 0.333. The summed E-state index contributed by atoms with van der Waals surface area (Å²) in [4.78, 5) is 30.8. The van der Waals surface area contributed by atoms with Crippen LogP contribution >= 0.6 is 15.9 Å². The van der Waals surface area contributed by atoms with Crippen molar-refractivity contribution in [1.29, 1.82) is 0 Å². The van der Waals surface area contributed by atoms with E-state index in [1.54, 1.807) is 44.3 Å². The van der Waals surface area contributed by atoms with Gasteiger partial charge in [0, 0.05) is 5.56 Å². The van der Waals surface area contributed by atoms with Crippen molar-refractivity contribution in [2.75, 3.05) is 20.3 Å². The van der Waals surface area contributed by atoms with Crippen LogP contribution in [0.4, 0.5) is 0 Å². The fourth-order valence-electron chi connectivity index (χ4n) is 4.61. The van der Waals surface area contributed by atoms with E-state index < -0.39 is 12.1 Å². The topological polar surface area (TPSA) is 101 Å². The molecule has 0 N–H and O–H groups in total. The van der Waals surface area contributed by atoms with Gasteiger partial charge >= 0.3 is 5.97 Å². The molecule has 1 aromatic heterocycles. The Hall–Kier alpha value is -4.18. The number of fused-ring (bicyclic) bond motifs is 1. The molecule has 4 aromatic rings. The molecule has 0 spiro atoms. The van der Waals surface area contributed by atoms with Crippen LogP contribution in [0.1, 0.15) is 57.2 Å². The average Bonchev–Trinajstić information content (AvgIpc) is 2.98. The number of aryl methyl sites for hydroxylation is 1. The lowest BCUT2D eigenvalue weighted by Gasteiger charge is -2.18. The number of carbonyl (C=O) groups is 1. The van der Waals surface area contributed by atoms with Crippen LogP contribution in [0.3, 0.4) is 0 Å². The zero-order valence-electron chi connectivity index (χ0n) is 25.4. The van der Waals surface area contributed by atoms with E-state index in [0.29, 0.717) is 44.9 Å². The van der Waals surface area contributed by atoms with E-state index >= 15 is 0 Å². The number of halogens is 1. The van der Waals surface area contributed by atoms with E-state index in [4.69, 9.17) is 23.9 Å². The Morgan fingerprint density at radius 1 is 1.07 bits per heavy atom. The summed E-state index contributed by atoms with van der Waals surface area (Å²) in [6, 6.07) is 14.7. The number of benzene rings is 3. The highest BCUT2D eigenvalue weighted by molar-refractivity contribution is 9.10. The van der Waals surface area contributed by atoms with Gasteiger partial charge in [0.1, 0.15) is 5.75 Å². The zero-order chi connectivity index (χ0) is 31.3. The highest BCUT2D eigenvalue weighted by Crippen LogP contribution is 2.37. The number of hydrogen-bond acceptors (Lipinski definition) is 8. The van der Waals surface area contributed by atoms with E-state index in [0.717, 1.165) is 22.4 Å². The van der Waals surface area contributed by atoms with Gasteiger partial charge in [-0.2, -0.15) is 9.78 Å². The monoisotopic (exact) mass is 649 g/mol. The second-order valence-corrected chi connectivity index (χ2v) is 11.0. The van der Waals surface area contributed by atoms with Gasteiger partial charge in [0.15, 0.2) is 23.4 Å². The molecule has 1 atom stereocenters. The zero-order valence-corrected chi connectivity index (χ0v) is 27.0. The Bertz CT molecular complexity index is 1730. The average molecular weight is 651 g/mol. The standard InChI is InChI=1S/C33H36BrN3O6/c1-8-41-28-14-20(5)25(17-24(28)19(3)4)31-36-27-13-11-10-12-23(27)32(38)37(31)35-18-22-15-26(34)30(29(16-22)40-7)43-21(6)33(39)42-9-2/h10-19,21H,8-9H2,1-7H3/t21-/m1/s1. The Labute approximate surface area is 259 Å². The van der Waals surface area contributed by atoms with Crippen LogP contribution in [-0.4, -0.2) is 48.3 Å². The maximum Gasteiger partial charge on any atom is 0.347 e. The normalized spacial score (nSPS) is 12.1. The Balaban J connectivity index is 1.85. The molecule has 0 amide bonds. The van der Waals surface area contributed by atoms with Crippen LogP contribution in [0.5, 0.6) is 17.2 Å². The summed E-state index contributed by atoms with van der Waals surface area (Å²) in [5, 5.41) is 5.08. The molecule has 0 unspecified atom stereocenters. The van der Waals surface area contributed by atoms with Gasteiger partial charge in [0.2, 0.25) is 0 Å². The number of esters is 1. The van der Waals surface area contributed by atoms with Gasteiger partial charge in [-0.25, -0.2) is 9.78 Å². The van der Waals surface area contributed by atoms with E-state index in [1.165, 1.54) is 11.8 Å². The van der Waals surface area contributed by atoms with Crippen LogP contribution in [0.2, 0.25) is 0 Å². The lowest BCUT2D eigenvalue weighted by molar-refractivity contribution is -0.150. The minimum absolute atomic E-state index is 0.183. The van der Waals surface area contributed by atoms with Crippen LogP contribution in [0.15, 0.2) is 62.9 Å². The predicted octanol–water partition coefficient (Wildman–Crippen LogP) is 6.88. The van der Waals surface area contributed by atoms with Gasteiger partial charge in [-0.05, 0) is 103 Å². The first kappa shape index (κ1) is 31.7. The maximum absolute atomic E-state index is 13.8. The summed E-state index contributed by atoms with van der Waals surface area (Å²) in [6.07, 6.45) is 0.711. The Morgan fingerprint density at radius 3 is 2.49 bits per heavy atom. The smallest absolute Gasteiger partial charge is 0.347 e. The van der Waals surface area contributed by atoms with Crippen LogP contribution in [0, 0.1) is 6.92 Å². The van der Waals surface area contributed by atoms with E-state index in [2.05, 4.69) is 34.9 Å². The van der Waals surface area contributed by atoms with Gasteiger partial charge < -0.3 is 18.9 Å². The van der Waals surface area contributed by atoms with Gasteiger partial charge in [-0.3, -0.25) is 4.79 Å². The van der Waals surface area contributed by atoms with Gasteiger partial charge in [-0.15, -0.1) is 0 Å². The van der Waals surface area contributed by atoms with Crippen molar-refractivity contribution < 1.29 is 23.7 Å². The van der Waals surface area contributed by atoms with Crippen molar-refractivity contribution in [3.63, 3.8) is 0 Å². The summed E-state index contributed by atoms with van der Waals surface area (Å²) in [6.45, 7) is 12.3. The molecule has 226 valence electrons. The molecule has 3 aromatic carbocycles. The molecular formula is C33H36BrN3O6. The van der Waals surface area contributed by atoms with E-state index in [-0.39, 0.29) is 18.1 Å². The highest BCUT2D eigenvalue weighted by Gasteiger charge is 2.21. The number of carbonyl (C=O) groups excluding carboxylic acids is 1. The molecule has 4 rings (SSSR count). The third-order valence-electron chi connectivity index (χ3n) is 6.76. The molecule has 0 radical (unpaired) electrons. The number of hydrogen-bond donors (Lipinski definition) is 0. The summed E-state index contributed by atoms with van der Waals surface area (Å²) >= 11 is 3.52. The number of rotatable bonds is 11. The summed E-state index contributed by atoms with van der Waals surface area (Å²) in [7, 11) is 1.50.